The Bertz CT molecular complexity index is 573. The minimum absolute atomic E-state index is 0.341. The molecule has 1 aromatic heterocycles. The summed E-state index contributed by atoms with van der Waals surface area (Å²) in [5, 5.41) is 1.05. The molecule has 0 fully saturated rings. The van der Waals surface area contributed by atoms with Crippen molar-refractivity contribution >= 4 is 28.4 Å². The van der Waals surface area contributed by atoms with Gasteiger partial charge in [-0.15, -0.1) is 0 Å². The van der Waals surface area contributed by atoms with Crippen molar-refractivity contribution in [3.8, 4) is 0 Å². The van der Waals surface area contributed by atoms with Crippen LogP contribution in [-0.4, -0.2) is 16.3 Å². The molecule has 1 unspecified atom stereocenters. The largest absolute Gasteiger partial charge is 0.296 e. The van der Waals surface area contributed by atoms with Gasteiger partial charge in [0.1, 0.15) is 5.82 Å². The molecular weight excluding hydrogens is 244 g/mol. The average Bonchev–Trinajstić information content (AvgIpc) is 2.29. The zero-order chi connectivity index (χ0) is 12.4. The van der Waals surface area contributed by atoms with Gasteiger partial charge in [0.05, 0.1) is 10.5 Å². The van der Waals surface area contributed by atoms with Gasteiger partial charge in [-0.05, 0) is 31.2 Å². The standard InChI is InChI=1S/C12H9F2NOS/c1-7(16)12(14)17-11-5-2-8-6-9(13)3-4-10(8)15-11/h2-6,12H,1H3. The fourth-order valence-corrected chi connectivity index (χ4v) is 2.01. The van der Waals surface area contributed by atoms with Crippen molar-refractivity contribution in [1.29, 1.82) is 0 Å². The lowest BCUT2D eigenvalue weighted by Gasteiger charge is -2.04. The fraction of sp³-hybridized carbons (Fsp3) is 0.167. The predicted molar refractivity (Wildman–Crippen MR) is 63.1 cm³/mol. The average molecular weight is 253 g/mol. The van der Waals surface area contributed by atoms with E-state index in [0.717, 1.165) is 11.8 Å². The number of aromatic nitrogens is 1. The van der Waals surface area contributed by atoms with Crippen molar-refractivity contribution in [3.63, 3.8) is 0 Å². The number of halogens is 2. The first-order valence-electron chi connectivity index (χ1n) is 4.94. The van der Waals surface area contributed by atoms with Gasteiger partial charge in [-0.25, -0.2) is 13.8 Å². The van der Waals surface area contributed by atoms with Gasteiger partial charge >= 0.3 is 0 Å². The summed E-state index contributed by atoms with van der Waals surface area (Å²) >= 11 is 0.750. The highest BCUT2D eigenvalue weighted by atomic mass is 32.2. The first-order chi connectivity index (χ1) is 8.06. The zero-order valence-corrected chi connectivity index (χ0v) is 9.80. The number of hydrogen-bond acceptors (Lipinski definition) is 3. The number of rotatable bonds is 3. The molecule has 2 rings (SSSR count). The van der Waals surface area contributed by atoms with Gasteiger partial charge < -0.3 is 0 Å². The second-order valence-electron chi connectivity index (χ2n) is 3.53. The molecule has 17 heavy (non-hydrogen) atoms. The second kappa shape index (κ2) is 4.79. The van der Waals surface area contributed by atoms with Crippen LogP contribution in [0.5, 0.6) is 0 Å². The van der Waals surface area contributed by atoms with Crippen LogP contribution in [-0.2, 0) is 4.79 Å². The van der Waals surface area contributed by atoms with E-state index >= 15 is 0 Å². The normalized spacial score (nSPS) is 12.6. The SMILES string of the molecule is CC(=O)C(F)Sc1ccc2cc(F)ccc2n1. The maximum absolute atomic E-state index is 13.2. The first-order valence-corrected chi connectivity index (χ1v) is 5.82. The van der Waals surface area contributed by atoms with Crippen molar-refractivity contribution in [1.82, 2.24) is 4.98 Å². The number of carbonyl (C=O) groups is 1. The number of pyridine rings is 1. The van der Waals surface area contributed by atoms with E-state index < -0.39 is 11.3 Å². The van der Waals surface area contributed by atoms with Gasteiger partial charge in [0.2, 0.25) is 5.50 Å². The molecule has 0 aliphatic rings. The Labute approximate surface area is 101 Å². The minimum Gasteiger partial charge on any atom is -0.296 e. The number of nitrogens with zero attached hydrogens (tertiary/aromatic N) is 1. The third-order valence-corrected chi connectivity index (χ3v) is 3.18. The van der Waals surface area contributed by atoms with Crippen molar-refractivity contribution in [2.75, 3.05) is 0 Å². The van der Waals surface area contributed by atoms with E-state index in [1.165, 1.54) is 25.1 Å². The van der Waals surface area contributed by atoms with Crippen LogP contribution in [0.1, 0.15) is 6.92 Å². The third-order valence-electron chi connectivity index (χ3n) is 2.17. The third kappa shape index (κ3) is 2.79. The van der Waals surface area contributed by atoms with E-state index in [9.17, 15) is 13.6 Å². The molecule has 88 valence electrons. The van der Waals surface area contributed by atoms with Gasteiger partial charge in [-0.3, -0.25) is 4.79 Å². The van der Waals surface area contributed by atoms with Gasteiger partial charge in [0, 0.05) is 5.39 Å². The number of Topliss-reactive ketones (excluding diaryl/α,β-unsaturated/α-hetero) is 1. The van der Waals surface area contributed by atoms with Gasteiger partial charge in [0.15, 0.2) is 5.78 Å². The predicted octanol–water partition coefficient (Wildman–Crippen LogP) is 3.35. The molecule has 0 saturated heterocycles. The Morgan fingerprint density at radius 3 is 2.82 bits per heavy atom. The number of thioether (sulfide) groups is 1. The quantitative estimate of drug-likeness (QED) is 0.786. The second-order valence-corrected chi connectivity index (χ2v) is 4.60. The van der Waals surface area contributed by atoms with Crippen molar-refractivity contribution < 1.29 is 13.6 Å². The molecule has 0 aliphatic heterocycles. The van der Waals surface area contributed by atoms with E-state index in [-0.39, 0.29) is 5.82 Å². The van der Waals surface area contributed by atoms with Crippen molar-refractivity contribution in [3.05, 3.63) is 36.1 Å². The number of benzene rings is 1. The summed E-state index contributed by atoms with van der Waals surface area (Å²) in [7, 11) is 0. The number of ketones is 1. The van der Waals surface area contributed by atoms with Crippen molar-refractivity contribution in [2.24, 2.45) is 0 Å². The smallest absolute Gasteiger partial charge is 0.209 e. The van der Waals surface area contributed by atoms with Crippen LogP contribution in [0.4, 0.5) is 8.78 Å². The summed E-state index contributed by atoms with van der Waals surface area (Å²) in [5.41, 5.74) is -1.03. The van der Waals surface area contributed by atoms with E-state index in [1.54, 1.807) is 12.1 Å². The van der Waals surface area contributed by atoms with Crippen molar-refractivity contribution in [2.45, 2.75) is 17.5 Å². The minimum atomic E-state index is -1.61. The van der Waals surface area contributed by atoms with Gasteiger partial charge in [-0.2, -0.15) is 0 Å². The Hall–Kier alpha value is -1.49. The summed E-state index contributed by atoms with van der Waals surface area (Å²) in [4.78, 5) is 14.9. The molecule has 2 nitrogen and oxygen atoms in total. The highest BCUT2D eigenvalue weighted by molar-refractivity contribution is 8.00. The van der Waals surface area contributed by atoms with Crippen LogP contribution >= 0.6 is 11.8 Å². The summed E-state index contributed by atoms with van der Waals surface area (Å²) < 4.78 is 26.1. The molecule has 0 bridgehead atoms. The lowest BCUT2D eigenvalue weighted by molar-refractivity contribution is -0.118. The molecular formula is C12H9F2NOS. The van der Waals surface area contributed by atoms with Crippen LogP contribution in [0.2, 0.25) is 0 Å². The Balaban J connectivity index is 2.32. The Morgan fingerprint density at radius 1 is 1.35 bits per heavy atom. The van der Waals surface area contributed by atoms with E-state index in [4.69, 9.17) is 0 Å². The summed E-state index contributed by atoms with van der Waals surface area (Å²) in [6.07, 6.45) is 0. The first kappa shape index (κ1) is 12.0. The van der Waals surface area contributed by atoms with Gasteiger partial charge in [-0.1, -0.05) is 17.8 Å². The van der Waals surface area contributed by atoms with Gasteiger partial charge in [0.25, 0.3) is 0 Å². The van der Waals surface area contributed by atoms with Crippen LogP contribution in [0.3, 0.4) is 0 Å². The van der Waals surface area contributed by atoms with Crippen LogP contribution in [0.25, 0.3) is 10.9 Å². The number of fused-ring (bicyclic) bond motifs is 1. The molecule has 0 radical (unpaired) electrons. The fourth-order valence-electron chi connectivity index (χ4n) is 1.33. The number of alkyl halides is 1. The molecule has 0 spiro atoms. The molecule has 1 atom stereocenters. The maximum Gasteiger partial charge on any atom is 0.209 e. The molecule has 0 amide bonds. The Morgan fingerprint density at radius 2 is 2.12 bits per heavy atom. The van der Waals surface area contributed by atoms with Crippen LogP contribution in [0, 0.1) is 5.82 Å². The summed E-state index contributed by atoms with van der Waals surface area (Å²) in [6.45, 7) is 1.19. The van der Waals surface area contributed by atoms with Crippen LogP contribution in [0.15, 0.2) is 35.4 Å². The molecule has 1 heterocycles. The van der Waals surface area contributed by atoms with E-state index in [0.29, 0.717) is 15.9 Å². The van der Waals surface area contributed by atoms with E-state index in [1.807, 2.05) is 0 Å². The lowest BCUT2D eigenvalue weighted by atomic mass is 10.2. The highest BCUT2D eigenvalue weighted by Crippen LogP contribution is 2.25. The van der Waals surface area contributed by atoms with E-state index in [2.05, 4.69) is 4.98 Å². The molecule has 5 heteroatoms. The molecule has 0 N–H and O–H groups in total. The Kier molecular flexibility index (Phi) is 3.38. The molecule has 1 aromatic carbocycles. The molecule has 2 aromatic rings. The monoisotopic (exact) mass is 253 g/mol. The maximum atomic E-state index is 13.2. The zero-order valence-electron chi connectivity index (χ0n) is 8.98. The lowest BCUT2D eigenvalue weighted by Crippen LogP contribution is -2.06. The number of hydrogen-bond donors (Lipinski definition) is 0. The molecule has 0 aliphatic carbocycles. The topological polar surface area (TPSA) is 30.0 Å². The highest BCUT2D eigenvalue weighted by Gasteiger charge is 2.14. The summed E-state index contributed by atoms with van der Waals surface area (Å²) in [5.74, 6) is -0.886. The van der Waals surface area contributed by atoms with Crippen LogP contribution < -0.4 is 0 Å². The summed E-state index contributed by atoms with van der Waals surface area (Å²) in [6, 6.07) is 7.40. The number of carbonyl (C=O) groups excluding carboxylic acids is 1. The molecule has 0 saturated carbocycles.